The van der Waals surface area contributed by atoms with Crippen LogP contribution in [0.15, 0.2) is 42.5 Å². The smallest absolute Gasteiger partial charge is 0.241 e. The maximum atomic E-state index is 12.6. The van der Waals surface area contributed by atoms with Crippen molar-refractivity contribution in [3.8, 4) is 11.5 Å². The fourth-order valence-corrected chi connectivity index (χ4v) is 3.79. The zero-order valence-corrected chi connectivity index (χ0v) is 15.4. The Hall–Kier alpha value is -2.64. The normalized spacial score (nSPS) is 14.0. The monoisotopic (exact) mass is 369 g/mol. The van der Waals surface area contributed by atoms with E-state index in [1.165, 1.54) is 0 Å². The van der Waals surface area contributed by atoms with E-state index >= 15 is 0 Å². The van der Waals surface area contributed by atoms with Gasteiger partial charge < -0.3 is 14.8 Å². The lowest BCUT2D eigenvalue weighted by Gasteiger charge is -2.22. The van der Waals surface area contributed by atoms with Crippen LogP contribution in [0.4, 0.5) is 5.69 Å². The highest BCUT2D eigenvalue weighted by molar-refractivity contribution is 7.18. The maximum absolute atomic E-state index is 12.6. The fraction of sp³-hybridized carbons (Fsp3) is 0.263. The summed E-state index contributed by atoms with van der Waals surface area (Å²) >= 11 is 1.66. The third kappa shape index (κ3) is 3.36. The molecule has 0 saturated carbocycles. The van der Waals surface area contributed by atoms with Gasteiger partial charge in [-0.05, 0) is 38.2 Å². The number of carbonyl (C=O) groups excluding carboxylic acids is 1. The van der Waals surface area contributed by atoms with E-state index < -0.39 is 0 Å². The summed E-state index contributed by atoms with van der Waals surface area (Å²) in [6.45, 7) is 2.72. The van der Waals surface area contributed by atoms with Crippen molar-refractivity contribution in [1.82, 2.24) is 9.88 Å². The Balaban J connectivity index is 1.40. The van der Waals surface area contributed by atoms with Crippen molar-refractivity contribution in [3.63, 3.8) is 0 Å². The van der Waals surface area contributed by atoms with E-state index in [2.05, 4.69) is 16.4 Å². The van der Waals surface area contributed by atoms with Crippen molar-refractivity contribution in [2.75, 3.05) is 19.2 Å². The van der Waals surface area contributed by atoms with Gasteiger partial charge in [-0.3, -0.25) is 9.69 Å². The maximum Gasteiger partial charge on any atom is 0.241 e. The number of carbonyl (C=O) groups is 1. The van der Waals surface area contributed by atoms with E-state index in [1.807, 2.05) is 43.1 Å². The van der Waals surface area contributed by atoms with Crippen molar-refractivity contribution in [2.24, 2.45) is 0 Å². The number of ether oxygens (including phenoxy) is 2. The van der Waals surface area contributed by atoms with Gasteiger partial charge in [0.05, 0.1) is 22.8 Å². The zero-order valence-electron chi connectivity index (χ0n) is 14.6. The number of nitrogens with one attached hydrogen (secondary N) is 1. The average Bonchev–Trinajstić information content (AvgIpc) is 3.26. The Kier molecular flexibility index (Phi) is 4.48. The molecule has 1 N–H and O–H groups in total. The third-order valence-electron chi connectivity index (χ3n) is 4.40. The molecule has 0 fully saturated rings. The van der Waals surface area contributed by atoms with Crippen LogP contribution in [0.1, 0.15) is 11.9 Å². The molecule has 6 nitrogen and oxygen atoms in total. The molecule has 2 heterocycles. The first kappa shape index (κ1) is 16.8. The lowest BCUT2D eigenvalue weighted by atomic mass is 10.2. The molecule has 2 aromatic carbocycles. The van der Waals surface area contributed by atoms with Gasteiger partial charge in [-0.25, -0.2) is 4.98 Å². The van der Waals surface area contributed by atoms with E-state index in [9.17, 15) is 4.79 Å². The number of aromatic nitrogens is 1. The number of anilines is 1. The second-order valence-corrected chi connectivity index (χ2v) is 7.34. The lowest BCUT2D eigenvalue weighted by Crippen LogP contribution is -2.39. The Morgan fingerprint density at radius 3 is 2.92 bits per heavy atom. The van der Waals surface area contributed by atoms with Crippen LogP contribution < -0.4 is 14.8 Å². The topological polar surface area (TPSA) is 63.7 Å². The zero-order chi connectivity index (χ0) is 18.1. The van der Waals surface area contributed by atoms with Crippen LogP contribution >= 0.6 is 11.3 Å². The van der Waals surface area contributed by atoms with Crippen molar-refractivity contribution in [3.05, 3.63) is 47.5 Å². The summed E-state index contributed by atoms with van der Waals surface area (Å²) in [5.41, 5.74) is 1.69. The minimum Gasteiger partial charge on any atom is -0.454 e. The van der Waals surface area contributed by atoms with Crippen molar-refractivity contribution < 1.29 is 14.3 Å². The van der Waals surface area contributed by atoms with Crippen LogP contribution in [-0.4, -0.2) is 35.7 Å². The van der Waals surface area contributed by atoms with E-state index in [1.54, 1.807) is 23.5 Å². The van der Waals surface area contributed by atoms with Crippen LogP contribution in [0, 0.1) is 0 Å². The molecule has 1 aromatic heterocycles. The predicted octanol–water partition coefficient (Wildman–Crippen LogP) is 3.48. The second kappa shape index (κ2) is 6.93. The minimum atomic E-state index is -0.299. The number of thiazole rings is 1. The molecule has 0 aliphatic carbocycles. The van der Waals surface area contributed by atoms with Crippen LogP contribution in [0.3, 0.4) is 0 Å². The summed E-state index contributed by atoms with van der Waals surface area (Å²) in [5.74, 6) is 1.27. The first-order valence-electron chi connectivity index (χ1n) is 8.35. The Morgan fingerprint density at radius 1 is 1.27 bits per heavy atom. The largest absolute Gasteiger partial charge is 0.454 e. The first-order chi connectivity index (χ1) is 12.6. The van der Waals surface area contributed by atoms with Gasteiger partial charge in [0.25, 0.3) is 0 Å². The molecule has 1 aliphatic rings. The molecule has 0 radical (unpaired) electrons. The summed E-state index contributed by atoms with van der Waals surface area (Å²) < 4.78 is 11.8. The van der Waals surface area contributed by atoms with Crippen LogP contribution in [0.5, 0.6) is 11.5 Å². The minimum absolute atomic E-state index is 0.0764. The van der Waals surface area contributed by atoms with Gasteiger partial charge in [-0.2, -0.15) is 0 Å². The second-order valence-electron chi connectivity index (χ2n) is 6.22. The van der Waals surface area contributed by atoms with Gasteiger partial charge in [0.15, 0.2) is 11.5 Å². The number of nitrogens with zero attached hydrogens (tertiary/aromatic N) is 2. The molecular formula is C19H19N3O3S. The van der Waals surface area contributed by atoms with Crippen molar-refractivity contribution in [2.45, 2.75) is 19.5 Å². The Bertz CT molecular complexity index is 923. The molecule has 0 spiro atoms. The molecule has 7 heteroatoms. The van der Waals surface area contributed by atoms with Gasteiger partial charge in [-0.1, -0.05) is 12.1 Å². The van der Waals surface area contributed by atoms with Crippen molar-refractivity contribution in [1.29, 1.82) is 0 Å². The van der Waals surface area contributed by atoms with E-state index in [-0.39, 0.29) is 18.7 Å². The van der Waals surface area contributed by atoms with Gasteiger partial charge in [-0.15, -0.1) is 11.3 Å². The molecular weight excluding hydrogens is 350 g/mol. The molecule has 1 aliphatic heterocycles. The standard InChI is InChI=1S/C19H19N3O3S/c1-12(19(23)20-13-7-8-15-16(9-13)25-11-24-15)22(2)10-18-21-14-5-3-4-6-17(14)26-18/h3-9,12H,10-11H2,1-2H3,(H,20,23)/t12-/m1/s1. The summed E-state index contributed by atoms with van der Waals surface area (Å²) in [6.07, 6.45) is 0. The van der Waals surface area contributed by atoms with E-state index in [0.29, 0.717) is 23.7 Å². The number of amides is 1. The number of fused-ring (bicyclic) bond motifs is 2. The van der Waals surface area contributed by atoms with Crippen molar-refractivity contribution >= 4 is 33.1 Å². The average molecular weight is 369 g/mol. The molecule has 1 atom stereocenters. The molecule has 1 amide bonds. The summed E-state index contributed by atoms with van der Waals surface area (Å²) in [5, 5.41) is 3.93. The van der Waals surface area contributed by atoms with Crippen LogP contribution in [0.25, 0.3) is 10.2 Å². The number of hydrogen-bond acceptors (Lipinski definition) is 6. The highest BCUT2D eigenvalue weighted by atomic mass is 32.1. The summed E-state index contributed by atoms with van der Waals surface area (Å²) in [7, 11) is 1.93. The first-order valence-corrected chi connectivity index (χ1v) is 9.17. The molecule has 0 bridgehead atoms. The summed E-state index contributed by atoms with van der Waals surface area (Å²) in [6, 6.07) is 13.1. The van der Waals surface area contributed by atoms with Gasteiger partial charge >= 0.3 is 0 Å². The SMILES string of the molecule is C[C@H](C(=O)Nc1ccc2c(c1)OCO2)N(C)Cc1nc2ccccc2s1. The summed E-state index contributed by atoms with van der Waals surface area (Å²) in [4.78, 5) is 19.2. The molecule has 0 unspecified atom stereocenters. The molecule has 0 saturated heterocycles. The number of likely N-dealkylation sites (N-methyl/N-ethyl adjacent to an activating group) is 1. The van der Waals surface area contributed by atoms with E-state index in [4.69, 9.17) is 9.47 Å². The molecule has 134 valence electrons. The Labute approximate surface area is 155 Å². The molecule has 26 heavy (non-hydrogen) atoms. The van der Waals surface area contributed by atoms with Gasteiger partial charge in [0, 0.05) is 11.8 Å². The van der Waals surface area contributed by atoms with Crippen LogP contribution in [0.2, 0.25) is 0 Å². The van der Waals surface area contributed by atoms with Gasteiger partial charge in [0.1, 0.15) is 5.01 Å². The number of rotatable bonds is 5. The Morgan fingerprint density at radius 2 is 2.08 bits per heavy atom. The highest BCUT2D eigenvalue weighted by Gasteiger charge is 2.21. The van der Waals surface area contributed by atoms with Gasteiger partial charge in [0.2, 0.25) is 12.7 Å². The number of benzene rings is 2. The quantitative estimate of drug-likeness (QED) is 0.746. The lowest BCUT2D eigenvalue weighted by molar-refractivity contribution is -0.120. The van der Waals surface area contributed by atoms with Crippen LogP contribution in [-0.2, 0) is 11.3 Å². The molecule has 4 rings (SSSR count). The highest BCUT2D eigenvalue weighted by Crippen LogP contribution is 2.34. The molecule has 3 aromatic rings. The number of para-hydroxylation sites is 1. The number of hydrogen-bond donors (Lipinski definition) is 1. The third-order valence-corrected chi connectivity index (χ3v) is 5.42. The predicted molar refractivity (Wildman–Crippen MR) is 102 cm³/mol. The van der Waals surface area contributed by atoms with E-state index in [0.717, 1.165) is 15.2 Å². The fourth-order valence-electron chi connectivity index (χ4n) is 2.76.